The molecule has 0 aliphatic carbocycles. The topological polar surface area (TPSA) is 136 Å². The van der Waals surface area contributed by atoms with E-state index in [4.69, 9.17) is 17.3 Å². The maximum atomic E-state index is 14.1. The summed E-state index contributed by atoms with van der Waals surface area (Å²) in [6, 6.07) is 8.31. The summed E-state index contributed by atoms with van der Waals surface area (Å²) < 4.78 is 43.3. The third-order valence-corrected chi connectivity index (χ3v) is 11.3. The highest BCUT2D eigenvalue weighted by Gasteiger charge is 2.37. The van der Waals surface area contributed by atoms with E-state index in [-0.39, 0.29) is 34.6 Å². The molecule has 0 radical (unpaired) electrons. The molecule has 0 bridgehead atoms. The molecule has 2 aromatic heterocycles. The number of hydrogen-bond donors (Lipinski definition) is 3. The zero-order valence-electron chi connectivity index (χ0n) is 29.0. The number of amides is 3. The number of halogens is 4. The number of anilines is 1. The molecule has 3 saturated heterocycles. The molecular weight excluding hydrogens is 699 g/mol. The number of nitrogens with two attached hydrogens (primary N) is 1. The van der Waals surface area contributed by atoms with Gasteiger partial charge in [0.1, 0.15) is 6.04 Å². The van der Waals surface area contributed by atoms with Crippen LogP contribution >= 0.6 is 11.6 Å². The summed E-state index contributed by atoms with van der Waals surface area (Å²) in [6.07, 6.45) is -0.761. The largest absolute Gasteiger partial charge is 0.418 e. The second kappa shape index (κ2) is 14.6. The first-order valence-corrected chi connectivity index (χ1v) is 18.1. The van der Waals surface area contributed by atoms with Crippen LogP contribution in [0.5, 0.6) is 0 Å². The van der Waals surface area contributed by atoms with E-state index in [2.05, 4.69) is 32.1 Å². The Balaban J connectivity index is 1.06. The van der Waals surface area contributed by atoms with Gasteiger partial charge in [-0.3, -0.25) is 19.2 Å². The quantitative estimate of drug-likeness (QED) is 0.251. The third kappa shape index (κ3) is 7.30. The van der Waals surface area contributed by atoms with Crippen LogP contribution in [0.3, 0.4) is 0 Å². The van der Waals surface area contributed by atoms with Gasteiger partial charge in [-0.15, -0.1) is 0 Å². The van der Waals surface area contributed by atoms with E-state index in [0.717, 1.165) is 56.0 Å². The predicted molar refractivity (Wildman–Crippen MR) is 193 cm³/mol. The lowest BCUT2D eigenvalue weighted by atomic mass is 9.98. The summed E-state index contributed by atoms with van der Waals surface area (Å²) in [7, 11) is 2.10. The van der Waals surface area contributed by atoms with Crippen LogP contribution in [0.4, 0.5) is 23.7 Å². The van der Waals surface area contributed by atoms with E-state index in [1.807, 2.05) is 24.3 Å². The lowest BCUT2D eigenvalue weighted by molar-refractivity contribution is -0.137. The zero-order valence-corrected chi connectivity index (χ0v) is 29.7. The Bertz CT molecular complexity index is 2010. The molecule has 0 spiro atoms. The molecule has 0 unspecified atom stereocenters. The number of nitrogen functional groups attached to an aromatic ring is 1. The number of imidazole rings is 1. The Morgan fingerprint density at radius 1 is 0.981 bits per heavy atom. The van der Waals surface area contributed by atoms with Gasteiger partial charge in [0.25, 0.3) is 0 Å². The Morgan fingerprint density at radius 2 is 1.63 bits per heavy atom. The predicted octanol–water partition coefficient (Wildman–Crippen LogP) is 4.33. The minimum atomic E-state index is -4.75. The molecular formula is C36H43ClF3N9O3. The van der Waals surface area contributed by atoms with Crippen molar-refractivity contribution in [3.05, 3.63) is 69.2 Å². The fourth-order valence-corrected chi connectivity index (χ4v) is 8.21. The normalized spacial score (nSPS) is 19.4. The maximum absolute atomic E-state index is 14.1. The van der Waals surface area contributed by atoms with E-state index in [1.54, 1.807) is 20.6 Å². The van der Waals surface area contributed by atoms with Crippen LogP contribution < -0.4 is 16.7 Å². The third-order valence-electron chi connectivity index (χ3n) is 10.9. The van der Waals surface area contributed by atoms with E-state index in [0.29, 0.717) is 56.1 Å². The zero-order chi connectivity index (χ0) is 36.7. The Hall–Kier alpha value is -4.34. The molecule has 3 fully saturated rings. The fourth-order valence-electron chi connectivity index (χ4n) is 7.97. The van der Waals surface area contributed by atoms with Gasteiger partial charge in [-0.25, -0.2) is 9.59 Å². The maximum Gasteiger partial charge on any atom is 0.418 e. The van der Waals surface area contributed by atoms with Crippen molar-refractivity contribution >= 4 is 51.2 Å². The minimum Gasteiger partial charge on any atom is -0.397 e. The Kier molecular flexibility index (Phi) is 10.1. The van der Waals surface area contributed by atoms with Gasteiger partial charge in [-0.1, -0.05) is 29.8 Å². The molecule has 3 aliphatic rings. The summed E-state index contributed by atoms with van der Waals surface area (Å²) in [6.45, 7) is 5.48. The van der Waals surface area contributed by atoms with Gasteiger partial charge >= 0.3 is 17.9 Å². The Morgan fingerprint density at radius 3 is 2.33 bits per heavy atom. The van der Waals surface area contributed by atoms with Gasteiger partial charge < -0.3 is 30.7 Å². The van der Waals surface area contributed by atoms with Gasteiger partial charge in [0.2, 0.25) is 5.91 Å². The molecule has 0 saturated carbocycles. The summed E-state index contributed by atoms with van der Waals surface area (Å²) in [5, 5.41) is 3.43. The summed E-state index contributed by atoms with van der Waals surface area (Å²) in [4.78, 5) is 56.5. The molecule has 3 aliphatic heterocycles. The molecule has 7 rings (SSSR count). The van der Waals surface area contributed by atoms with Crippen LogP contribution in [0, 0.1) is 0 Å². The number of likely N-dealkylation sites (tertiary alicyclic amines) is 2. The number of para-hydroxylation sites is 1. The van der Waals surface area contributed by atoms with Gasteiger partial charge in [0.15, 0.2) is 0 Å². The van der Waals surface area contributed by atoms with Crippen molar-refractivity contribution in [2.24, 2.45) is 0 Å². The summed E-state index contributed by atoms with van der Waals surface area (Å²) in [5.41, 5.74) is 6.06. The second-order valence-corrected chi connectivity index (χ2v) is 14.6. The van der Waals surface area contributed by atoms with Crippen molar-refractivity contribution in [3.8, 4) is 0 Å². The SMILES string of the molecule is CN1CCN(C2CCN(C(=O)[C@@H](Cc3cc(Cl)c(N)c(C(F)(F)F)c3)NC(=O)N3CCC(n4c(=O)[nH]c5c6ccccc6ncc54)CC3)CC2)CC1. The highest BCUT2D eigenvalue weighted by molar-refractivity contribution is 6.33. The standard InChI is InChI=1S/C36H43ClF3N9O3/c1-45-14-16-46(17-15-45)23-6-10-47(11-7-23)33(50)29(20-22-18-26(36(38,39)40)31(41)27(37)19-22)43-34(51)48-12-8-24(9-13-48)49-30-21-42-28-5-3-2-4-25(28)32(30)44-35(49)52/h2-5,18-19,21,23-24,29H,6-17,20,41H2,1H3,(H,43,51)(H,44,52)/t29-/m1/s1. The van der Waals surface area contributed by atoms with Crippen molar-refractivity contribution in [2.45, 2.75) is 56.4 Å². The van der Waals surface area contributed by atoms with Gasteiger partial charge in [0, 0.05) is 76.2 Å². The van der Waals surface area contributed by atoms with Crippen molar-refractivity contribution in [1.82, 2.24) is 39.5 Å². The van der Waals surface area contributed by atoms with Crippen molar-refractivity contribution in [2.75, 3.05) is 65.1 Å². The number of rotatable bonds is 6. The van der Waals surface area contributed by atoms with Crippen LogP contribution in [-0.2, 0) is 17.4 Å². The van der Waals surface area contributed by atoms with E-state index in [9.17, 15) is 27.6 Å². The molecule has 278 valence electrons. The van der Waals surface area contributed by atoms with Crippen LogP contribution in [0.15, 0.2) is 47.4 Å². The van der Waals surface area contributed by atoms with Crippen molar-refractivity contribution in [1.29, 1.82) is 0 Å². The average Bonchev–Trinajstić information content (AvgIpc) is 3.48. The molecule has 12 nitrogen and oxygen atoms in total. The first-order valence-electron chi connectivity index (χ1n) is 17.8. The highest BCUT2D eigenvalue weighted by Crippen LogP contribution is 2.38. The fraction of sp³-hybridized carbons (Fsp3) is 0.500. The molecule has 4 aromatic rings. The van der Waals surface area contributed by atoms with Crippen molar-refractivity contribution in [3.63, 3.8) is 0 Å². The highest BCUT2D eigenvalue weighted by atomic mass is 35.5. The number of carbonyl (C=O) groups is 2. The number of piperidine rings is 2. The smallest absolute Gasteiger partial charge is 0.397 e. The minimum absolute atomic E-state index is 0.135. The first-order chi connectivity index (χ1) is 24.9. The summed E-state index contributed by atoms with van der Waals surface area (Å²) in [5.74, 6) is -0.355. The second-order valence-electron chi connectivity index (χ2n) is 14.2. The number of nitrogens with one attached hydrogen (secondary N) is 2. The monoisotopic (exact) mass is 741 g/mol. The van der Waals surface area contributed by atoms with E-state index < -0.39 is 29.5 Å². The number of pyridine rings is 1. The number of alkyl halides is 3. The number of fused-ring (bicyclic) bond motifs is 3. The number of urea groups is 1. The Labute approximate surface area is 303 Å². The number of likely N-dealkylation sites (N-methyl/N-ethyl adjacent to an activating group) is 1. The van der Waals surface area contributed by atoms with Gasteiger partial charge in [-0.05, 0) is 56.5 Å². The lowest BCUT2D eigenvalue weighted by Crippen LogP contribution is -2.57. The molecule has 52 heavy (non-hydrogen) atoms. The molecule has 1 atom stereocenters. The van der Waals surface area contributed by atoms with E-state index in [1.165, 1.54) is 6.07 Å². The van der Waals surface area contributed by atoms with Crippen LogP contribution in [-0.4, -0.2) is 118 Å². The molecule has 3 amide bonds. The number of aromatic amines is 1. The number of H-pyrrole nitrogens is 1. The number of hydrogen-bond acceptors (Lipinski definition) is 7. The van der Waals surface area contributed by atoms with Crippen molar-refractivity contribution < 1.29 is 22.8 Å². The average molecular weight is 742 g/mol. The summed E-state index contributed by atoms with van der Waals surface area (Å²) >= 11 is 6.14. The molecule has 4 N–H and O–H groups in total. The van der Waals surface area contributed by atoms with Crippen LogP contribution in [0.1, 0.15) is 42.9 Å². The molecule has 5 heterocycles. The van der Waals surface area contributed by atoms with Crippen LogP contribution in [0.25, 0.3) is 21.9 Å². The number of piperazine rings is 1. The number of nitrogens with zero attached hydrogens (tertiary/aromatic N) is 6. The molecule has 2 aromatic carbocycles. The lowest BCUT2D eigenvalue weighted by Gasteiger charge is -2.42. The number of aromatic nitrogens is 3. The molecule has 16 heteroatoms. The van der Waals surface area contributed by atoms with Gasteiger partial charge in [0.05, 0.1) is 39.0 Å². The van der Waals surface area contributed by atoms with Gasteiger partial charge in [-0.2, -0.15) is 13.2 Å². The number of benzene rings is 2. The van der Waals surface area contributed by atoms with E-state index >= 15 is 0 Å². The van der Waals surface area contributed by atoms with Crippen LogP contribution in [0.2, 0.25) is 5.02 Å². The first kappa shape index (κ1) is 36.0. The number of carbonyl (C=O) groups excluding carboxylic acids is 2.